The normalized spacial score (nSPS) is 14.8. The summed E-state index contributed by atoms with van der Waals surface area (Å²) in [6.07, 6.45) is 17.6. The van der Waals surface area contributed by atoms with E-state index in [1.54, 1.807) is 0 Å². The Kier molecular flexibility index (Phi) is 14.2. The topological polar surface area (TPSA) is 99.0 Å². The van der Waals surface area contributed by atoms with Gasteiger partial charge < -0.3 is 9.47 Å². The molecule has 0 spiro atoms. The SMILES string of the molecule is CCCCCCCCCCCCCCCCOc1ccc(S(=O)(=O)N2CCOCC2)cc1[N+](=O)[O-]. The number of unbranched alkanes of at least 4 members (excludes halogenated alkanes) is 13. The lowest BCUT2D eigenvalue weighted by Crippen LogP contribution is -2.40. The summed E-state index contributed by atoms with van der Waals surface area (Å²) in [5, 5.41) is 11.5. The van der Waals surface area contributed by atoms with Gasteiger partial charge in [0, 0.05) is 19.2 Å². The van der Waals surface area contributed by atoms with Crippen molar-refractivity contribution in [2.24, 2.45) is 0 Å². The summed E-state index contributed by atoms with van der Waals surface area (Å²) in [4.78, 5) is 10.9. The van der Waals surface area contributed by atoms with Crippen molar-refractivity contribution in [2.75, 3.05) is 32.9 Å². The first-order valence-corrected chi connectivity index (χ1v) is 14.9. The zero-order valence-corrected chi connectivity index (χ0v) is 22.2. The zero-order chi connectivity index (χ0) is 25.4. The first kappa shape index (κ1) is 29.5. The molecule has 1 aromatic carbocycles. The standard InChI is InChI=1S/C26H44N2O6S/c1-2-3-4-5-6-7-8-9-10-11-12-13-14-15-20-34-26-17-16-24(23-25(26)28(29)30)35(31,32)27-18-21-33-22-19-27/h16-17,23H,2-15,18-22H2,1H3. The monoisotopic (exact) mass is 512 g/mol. The van der Waals surface area contributed by atoms with Crippen LogP contribution in [0.2, 0.25) is 0 Å². The van der Waals surface area contributed by atoms with E-state index in [1.807, 2.05) is 0 Å². The van der Waals surface area contributed by atoms with Crippen molar-refractivity contribution in [1.29, 1.82) is 0 Å². The van der Waals surface area contributed by atoms with Crippen molar-refractivity contribution >= 4 is 15.7 Å². The van der Waals surface area contributed by atoms with Crippen LogP contribution in [-0.2, 0) is 14.8 Å². The van der Waals surface area contributed by atoms with Gasteiger partial charge in [-0.15, -0.1) is 0 Å². The molecule has 1 heterocycles. The molecule has 0 unspecified atom stereocenters. The molecule has 1 aromatic rings. The van der Waals surface area contributed by atoms with E-state index in [4.69, 9.17) is 9.47 Å². The smallest absolute Gasteiger partial charge is 0.312 e. The minimum absolute atomic E-state index is 0.0880. The molecule has 2 rings (SSSR count). The van der Waals surface area contributed by atoms with E-state index in [0.717, 1.165) is 25.3 Å². The van der Waals surface area contributed by atoms with Crippen LogP contribution in [0.4, 0.5) is 5.69 Å². The molecule has 1 aliphatic heterocycles. The van der Waals surface area contributed by atoms with Crippen molar-refractivity contribution in [1.82, 2.24) is 4.31 Å². The minimum Gasteiger partial charge on any atom is -0.487 e. The lowest BCUT2D eigenvalue weighted by atomic mass is 10.0. The Labute approximate surface area is 211 Å². The molecule has 0 N–H and O–H groups in total. The van der Waals surface area contributed by atoms with Gasteiger partial charge in [-0.3, -0.25) is 10.1 Å². The number of sulfonamides is 1. The van der Waals surface area contributed by atoms with E-state index < -0.39 is 14.9 Å². The van der Waals surface area contributed by atoms with Gasteiger partial charge in [0.2, 0.25) is 10.0 Å². The highest BCUT2D eigenvalue weighted by Gasteiger charge is 2.29. The predicted molar refractivity (Wildman–Crippen MR) is 138 cm³/mol. The number of nitrogens with zero attached hydrogens (tertiary/aromatic N) is 2. The van der Waals surface area contributed by atoms with Gasteiger partial charge >= 0.3 is 5.69 Å². The Bertz CT molecular complexity index is 840. The Morgan fingerprint density at radius 1 is 0.886 bits per heavy atom. The molecule has 0 atom stereocenters. The fourth-order valence-corrected chi connectivity index (χ4v) is 5.77. The quantitative estimate of drug-likeness (QED) is 0.120. The number of rotatable bonds is 19. The molecule has 0 amide bonds. The Morgan fingerprint density at radius 3 is 1.91 bits per heavy atom. The first-order valence-electron chi connectivity index (χ1n) is 13.5. The summed E-state index contributed by atoms with van der Waals surface area (Å²) in [6.45, 7) is 3.76. The summed E-state index contributed by atoms with van der Waals surface area (Å²) in [5.74, 6) is 0.116. The maximum absolute atomic E-state index is 12.8. The van der Waals surface area contributed by atoms with E-state index >= 15 is 0 Å². The van der Waals surface area contributed by atoms with Gasteiger partial charge in [-0.05, 0) is 18.6 Å². The molecule has 1 saturated heterocycles. The van der Waals surface area contributed by atoms with Gasteiger partial charge in [0.05, 0.1) is 29.6 Å². The summed E-state index contributed by atoms with van der Waals surface area (Å²) >= 11 is 0. The largest absolute Gasteiger partial charge is 0.487 e. The molecule has 200 valence electrons. The third-order valence-electron chi connectivity index (χ3n) is 6.49. The van der Waals surface area contributed by atoms with Crippen molar-refractivity contribution in [2.45, 2.75) is 102 Å². The molecule has 35 heavy (non-hydrogen) atoms. The van der Waals surface area contributed by atoms with E-state index in [1.165, 1.54) is 87.1 Å². The van der Waals surface area contributed by atoms with E-state index in [-0.39, 0.29) is 29.4 Å². The Hall–Kier alpha value is -1.71. The lowest BCUT2D eigenvalue weighted by Gasteiger charge is -2.26. The number of hydrogen-bond donors (Lipinski definition) is 0. The van der Waals surface area contributed by atoms with Gasteiger partial charge in [0.15, 0.2) is 5.75 Å². The molecule has 0 aromatic heterocycles. The van der Waals surface area contributed by atoms with Crippen LogP contribution in [0.3, 0.4) is 0 Å². The molecule has 0 bridgehead atoms. The molecule has 1 aliphatic rings. The first-order chi connectivity index (χ1) is 17.0. The second-order valence-electron chi connectivity index (χ2n) is 9.35. The summed E-state index contributed by atoms with van der Waals surface area (Å²) in [6, 6.07) is 3.89. The molecule has 1 fully saturated rings. The summed E-state index contributed by atoms with van der Waals surface area (Å²) in [5.41, 5.74) is -0.315. The van der Waals surface area contributed by atoms with Crippen molar-refractivity contribution in [3.63, 3.8) is 0 Å². The number of ether oxygens (including phenoxy) is 2. The highest BCUT2D eigenvalue weighted by Crippen LogP contribution is 2.31. The van der Waals surface area contributed by atoms with E-state index in [9.17, 15) is 18.5 Å². The second kappa shape index (κ2) is 16.9. The highest BCUT2D eigenvalue weighted by molar-refractivity contribution is 7.89. The molecule has 0 radical (unpaired) electrons. The second-order valence-corrected chi connectivity index (χ2v) is 11.3. The summed E-state index contributed by atoms with van der Waals surface area (Å²) < 4.78 is 37.7. The van der Waals surface area contributed by atoms with Crippen molar-refractivity contribution in [3.8, 4) is 5.75 Å². The van der Waals surface area contributed by atoms with Crippen LogP contribution in [0, 0.1) is 10.1 Å². The lowest BCUT2D eigenvalue weighted by molar-refractivity contribution is -0.386. The minimum atomic E-state index is -3.79. The van der Waals surface area contributed by atoms with Crippen molar-refractivity contribution < 1.29 is 22.8 Å². The van der Waals surface area contributed by atoms with E-state index in [2.05, 4.69) is 6.92 Å². The van der Waals surface area contributed by atoms with Gasteiger partial charge in [0.1, 0.15) is 0 Å². The van der Waals surface area contributed by atoms with Crippen LogP contribution >= 0.6 is 0 Å². The Morgan fingerprint density at radius 2 is 1.40 bits per heavy atom. The number of morpholine rings is 1. The third-order valence-corrected chi connectivity index (χ3v) is 8.39. The van der Waals surface area contributed by atoms with Crippen LogP contribution in [0.25, 0.3) is 0 Å². The van der Waals surface area contributed by atoms with Crippen LogP contribution in [-0.4, -0.2) is 50.6 Å². The van der Waals surface area contributed by atoms with E-state index in [0.29, 0.717) is 19.8 Å². The number of benzene rings is 1. The molecule has 0 aliphatic carbocycles. The average molecular weight is 513 g/mol. The maximum Gasteiger partial charge on any atom is 0.312 e. The summed E-state index contributed by atoms with van der Waals surface area (Å²) in [7, 11) is -3.79. The van der Waals surface area contributed by atoms with Crippen LogP contribution in [0.15, 0.2) is 23.1 Å². The maximum atomic E-state index is 12.8. The molecule has 8 nitrogen and oxygen atoms in total. The number of nitro benzene ring substituents is 1. The predicted octanol–water partition coefficient (Wildman–Crippen LogP) is 6.48. The van der Waals surface area contributed by atoms with Crippen LogP contribution in [0.5, 0.6) is 5.75 Å². The molecular weight excluding hydrogens is 468 g/mol. The molecular formula is C26H44N2O6S. The van der Waals surface area contributed by atoms with Gasteiger partial charge in [-0.1, -0.05) is 90.4 Å². The highest BCUT2D eigenvalue weighted by atomic mass is 32.2. The fraction of sp³-hybridized carbons (Fsp3) is 0.769. The van der Waals surface area contributed by atoms with Gasteiger partial charge in [-0.25, -0.2) is 8.42 Å². The van der Waals surface area contributed by atoms with Gasteiger partial charge in [0.25, 0.3) is 0 Å². The Balaban J connectivity index is 1.63. The van der Waals surface area contributed by atoms with Gasteiger partial charge in [-0.2, -0.15) is 4.31 Å². The van der Waals surface area contributed by atoms with Crippen LogP contribution < -0.4 is 4.74 Å². The van der Waals surface area contributed by atoms with Crippen LogP contribution in [0.1, 0.15) is 96.8 Å². The third kappa shape index (κ3) is 10.8. The fourth-order valence-electron chi connectivity index (χ4n) is 4.34. The average Bonchev–Trinajstić information content (AvgIpc) is 2.86. The zero-order valence-electron chi connectivity index (χ0n) is 21.4. The number of nitro groups is 1. The molecule has 0 saturated carbocycles. The molecule has 9 heteroatoms. The number of hydrogen-bond acceptors (Lipinski definition) is 6. The van der Waals surface area contributed by atoms with Crippen molar-refractivity contribution in [3.05, 3.63) is 28.3 Å².